The molecule has 1 aromatic carbocycles. The molecular formula is C19H24FN5O2S. The van der Waals surface area contributed by atoms with Gasteiger partial charge in [0.1, 0.15) is 5.82 Å². The Bertz CT molecular complexity index is 934. The molecular weight excluding hydrogens is 381 g/mol. The van der Waals surface area contributed by atoms with E-state index in [2.05, 4.69) is 19.9 Å². The largest absolute Gasteiger partial charge is 0.492 e. The lowest BCUT2D eigenvalue weighted by atomic mass is 10.0. The second kappa shape index (κ2) is 8.12. The van der Waals surface area contributed by atoms with E-state index in [1.54, 1.807) is 12.1 Å². The minimum absolute atomic E-state index is 0.0966. The summed E-state index contributed by atoms with van der Waals surface area (Å²) in [6.45, 7) is 6.03. The molecule has 7 nitrogen and oxygen atoms in total. The Labute approximate surface area is 166 Å². The molecule has 0 saturated carbocycles. The van der Waals surface area contributed by atoms with Crippen LogP contribution in [0.4, 0.5) is 4.39 Å². The zero-order valence-corrected chi connectivity index (χ0v) is 16.6. The summed E-state index contributed by atoms with van der Waals surface area (Å²) in [6.07, 6.45) is 0.706. The highest BCUT2D eigenvalue weighted by molar-refractivity contribution is 7.17. The van der Waals surface area contributed by atoms with Crippen molar-refractivity contribution in [3.8, 4) is 5.88 Å². The number of aromatic hydroxyl groups is 1. The fourth-order valence-electron chi connectivity index (χ4n) is 3.68. The Morgan fingerprint density at radius 2 is 1.89 bits per heavy atom. The van der Waals surface area contributed by atoms with Crippen LogP contribution >= 0.6 is 11.3 Å². The molecule has 2 aromatic heterocycles. The van der Waals surface area contributed by atoms with E-state index in [9.17, 15) is 14.6 Å². The van der Waals surface area contributed by atoms with Crippen LogP contribution in [-0.4, -0.2) is 73.9 Å². The summed E-state index contributed by atoms with van der Waals surface area (Å²) in [5, 5.41) is 24.4. The van der Waals surface area contributed by atoms with Gasteiger partial charge in [-0.2, -0.15) is 4.52 Å². The molecule has 3 heterocycles. The fraction of sp³-hybridized carbons (Fsp3) is 0.474. The van der Waals surface area contributed by atoms with E-state index in [1.807, 2.05) is 6.92 Å². The fourth-order valence-corrected chi connectivity index (χ4v) is 4.81. The van der Waals surface area contributed by atoms with E-state index in [-0.39, 0.29) is 24.3 Å². The zero-order valence-electron chi connectivity index (χ0n) is 15.8. The Morgan fingerprint density at radius 3 is 2.50 bits per heavy atom. The molecule has 0 unspecified atom stereocenters. The summed E-state index contributed by atoms with van der Waals surface area (Å²) in [5.41, 5.74) is 0.924. The van der Waals surface area contributed by atoms with Crippen LogP contribution in [-0.2, 0) is 6.42 Å². The third kappa shape index (κ3) is 3.62. The number of halogens is 1. The molecule has 1 atom stereocenters. The third-order valence-electron chi connectivity index (χ3n) is 5.18. The van der Waals surface area contributed by atoms with E-state index in [4.69, 9.17) is 0 Å². The van der Waals surface area contributed by atoms with Crippen LogP contribution in [0.25, 0.3) is 4.96 Å². The Hall–Kier alpha value is -2.07. The average Bonchev–Trinajstić information content (AvgIpc) is 3.24. The molecule has 0 bridgehead atoms. The van der Waals surface area contributed by atoms with Crippen LogP contribution in [0.5, 0.6) is 5.88 Å². The number of hydrogen-bond acceptors (Lipinski definition) is 7. The topological polar surface area (TPSA) is 77.1 Å². The smallest absolute Gasteiger partial charge is 0.230 e. The number of benzene rings is 1. The van der Waals surface area contributed by atoms with Crippen LogP contribution in [0.15, 0.2) is 24.3 Å². The van der Waals surface area contributed by atoms with Gasteiger partial charge in [0, 0.05) is 39.1 Å². The standard InChI is InChI=1S/C19H24FN5O2S/c1-2-15-21-19-25(22-15)18(27)17(28-19)16(13-3-5-14(20)6-4-13)24-9-7-23(8-10-24)11-12-26/h3-6,16,26-27H,2,7-12H2,1H3/t16-/m0/s1. The first-order valence-electron chi connectivity index (χ1n) is 9.50. The SMILES string of the molecule is CCc1nc2sc([C@H](c3ccc(F)cc3)N3CCN(CCO)CC3)c(O)n2n1. The van der Waals surface area contributed by atoms with Gasteiger partial charge in [-0.1, -0.05) is 30.4 Å². The maximum Gasteiger partial charge on any atom is 0.230 e. The molecule has 0 radical (unpaired) electrons. The van der Waals surface area contributed by atoms with Gasteiger partial charge in [-0.25, -0.2) is 9.37 Å². The van der Waals surface area contributed by atoms with Crippen molar-refractivity contribution in [2.24, 2.45) is 0 Å². The first kappa shape index (κ1) is 19.3. The van der Waals surface area contributed by atoms with Crippen LogP contribution in [0.3, 0.4) is 0 Å². The number of fused-ring (bicyclic) bond motifs is 1. The van der Waals surface area contributed by atoms with Crippen molar-refractivity contribution in [3.63, 3.8) is 0 Å². The van der Waals surface area contributed by atoms with Crippen LogP contribution in [0.2, 0.25) is 0 Å². The number of β-amino-alcohol motifs (C(OH)–C–C–N with tert-alkyl or cyclic N) is 1. The molecule has 1 aliphatic heterocycles. The van der Waals surface area contributed by atoms with Crippen molar-refractivity contribution in [1.29, 1.82) is 0 Å². The maximum atomic E-state index is 13.5. The average molecular weight is 405 g/mol. The minimum Gasteiger partial charge on any atom is -0.492 e. The lowest BCUT2D eigenvalue weighted by Crippen LogP contribution is -2.48. The van der Waals surface area contributed by atoms with Crippen molar-refractivity contribution in [1.82, 2.24) is 24.4 Å². The van der Waals surface area contributed by atoms with Crippen molar-refractivity contribution in [2.75, 3.05) is 39.3 Å². The first-order chi connectivity index (χ1) is 13.6. The van der Waals surface area contributed by atoms with E-state index in [1.165, 1.54) is 28.0 Å². The highest BCUT2D eigenvalue weighted by atomic mass is 32.1. The normalized spacial score (nSPS) is 17.4. The quantitative estimate of drug-likeness (QED) is 0.652. The summed E-state index contributed by atoms with van der Waals surface area (Å²) in [6, 6.07) is 6.25. The first-order valence-corrected chi connectivity index (χ1v) is 10.3. The van der Waals surface area contributed by atoms with Gasteiger partial charge in [0.15, 0.2) is 5.82 Å². The second-order valence-corrected chi connectivity index (χ2v) is 7.93. The molecule has 1 fully saturated rings. The summed E-state index contributed by atoms with van der Waals surface area (Å²) in [7, 11) is 0. The number of aromatic nitrogens is 3. The van der Waals surface area contributed by atoms with Gasteiger partial charge in [0.2, 0.25) is 10.8 Å². The molecule has 150 valence electrons. The predicted molar refractivity (Wildman–Crippen MR) is 105 cm³/mol. The number of hydrogen-bond donors (Lipinski definition) is 2. The minimum atomic E-state index is -0.283. The van der Waals surface area contributed by atoms with Gasteiger partial charge < -0.3 is 10.2 Å². The Kier molecular flexibility index (Phi) is 5.58. The number of piperazine rings is 1. The number of aryl methyl sites for hydroxylation is 1. The molecule has 2 N–H and O–H groups in total. The van der Waals surface area contributed by atoms with Crippen LogP contribution in [0.1, 0.15) is 29.2 Å². The summed E-state index contributed by atoms with van der Waals surface area (Å²) < 4.78 is 15.0. The van der Waals surface area contributed by atoms with E-state index in [0.29, 0.717) is 23.8 Å². The van der Waals surface area contributed by atoms with Crippen molar-refractivity contribution in [3.05, 3.63) is 46.3 Å². The second-order valence-electron chi connectivity index (χ2n) is 6.92. The van der Waals surface area contributed by atoms with Gasteiger partial charge in [-0.15, -0.1) is 5.10 Å². The number of rotatable bonds is 6. The van der Waals surface area contributed by atoms with Gasteiger partial charge in [0.25, 0.3) is 0 Å². The van der Waals surface area contributed by atoms with E-state index in [0.717, 1.165) is 36.6 Å². The Morgan fingerprint density at radius 1 is 1.18 bits per heavy atom. The van der Waals surface area contributed by atoms with E-state index < -0.39 is 0 Å². The zero-order chi connectivity index (χ0) is 19.7. The summed E-state index contributed by atoms with van der Waals surface area (Å²) >= 11 is 1.42. The molecule has 1 saturated heterocycles. The molecule has 3 aromatic rings. The molecule has 0 spiro atoms. The lowest BCUT2D eigenvalue weighted by molar-refractivity contribution is 0.0945. The molecule has 9 heteroatoms. The van der Waals surface area contributed by atoms with Gasteiger partial charge >= 0.3 is 0 Å². The van der Waals surface area contributed by atoms with Crippen molar-refractivity contribution < 1.29 is 14.6 Å². The predicted octanol–water partition coefficient (Wildman–Crippen LogP) is 1.90. The van der Waals surface area contributed by atoms with E-state index >= 15 is 0 Å². The molecule has 0 aliphatic carbocycles. The number of thiazole rings is 1. The highest BCUT2D eigenvalue weighted by Crippen LogP contribution is 2.40. The molecule has 28 heavy (non-hydrogen) atoms. The lowest BCUT2D eigenvalue weighted by Gasteiger charge is -2.39. The molecule has 1 aliphatic rings. The molecule has 0 amide bonds. The molecule has 4 rings (SSSR count). The van der Waals surface area contributed by atoms with Gasteiger partial charge in [-0.05, 0) is 17.7 Å². The van der Waals surface area contributed by atoms with Crippen molar-refractivity contribution >= 4 is 16.3 Å². The summed E-state index contributed by atoms with van der Waals surface area (Å²) in [4.78, 5) is 10.4. The van der Waals surface area contributed by atoms with Gasteiger partial charge in [0.05, 0.1) is 17.5 Å². The monoisotopic (exact) mass is 405 g/mol. The number of aliphatic hydroxyl groups is 1. The maximum absolute atomic E-state index is 13.5. The highest BCUT2D eigenvalue weighted by Gasteiger charge is 2.31. The number of nitrogens with zero attached hydrogens (tertiary/aromatic N) is 5. The van der Waals surface area contributed by atoms with Crippen molar-refractivity contribution in [2.45, 2.75) is 19.4 Å². The summed E-state index contributed by atoms with van der Waals surface area (Å²) in [5.74, 6) is 0.512. The third-order valence-corrected chi connectivity index (χ3v) is 6.25. The number of aliphatic hydroxyl groups excluding tert-OH is 1. The van der Waals surface area contributed by atoms with Crippen LogP contribution < -0.4 is 0 Å². The Balaban J connectivity index is 1.70. The van der Waals surface area contributed by atoms with Crippen LogP contribution in [0, 0.1) is 5.82 Å². The van der Waals surface area contributed by atoms with Gasteiger partial charge in [-0.3, -0.25) is 9.80 Å².